The Labute approximate surface area is 168 Å². The molecule has 1 aliphatic heterocycles. The molecule has 1 saturated heterocycles. The lowest BCUT2D eigenvalue weighted by molar-refractivity contribution is 0.0688. The Bertz CT molecular complexity index is 974. The minimum Gasteiger partial charge on any atom is -0.497 e. The van der Waals surface area contributed by atoms with Gasteiger partial charge in [-0.05, 0) is 42.3 Å². The fraction of sp³-hybridized carbons (Fsp3) is 0.421. The third kappa shape index (κ3) is 3.38. The van der Waals surface area contributed by atoms with Crippen molar-refractivity contribution in [2.24, 2.45) is 5.92 Å². The highest BCUT2D eigenvalue weighted by molar-refractivity contribution is 7.91. The van der Waals surface area contributed by atoms with Crippen LogP contribution in [0.2, 0.25) is 0 Å². The average molecular weight is 423 g/mol. The first kappa shape index (κ1) is 19.2. The summed E-state index contributed by atoms with van der Waals surface area (Å²) in [6.07, 6.45) is 1.43. The molecule has 9 heteroatoms. The van der Waals surface area contributed by atoms with Gasteiger partial charge in [-0.15, -0.1) is 11.3 Å². The average Bonchev–Trinajstić information content (AvgIpc) is 3.43. The van der Waals surface area contributed by atoms with Gasteiger partial charge in [-0.2, -0.15) is 0 Å². The smallest absolute Gasteiger partial charge is 0.257 e. The first-order valence-electron chi connectivity index (χ1n) is 9.01. The van der Waals surface area contributed by atoms with Gasteiger partial charge in [-0.1, -0.05) is 6.07 Å². The van der Waals surface area contributed by atoms with Gasteiger partial charge in [0.05, 0.1) is 19.8 Å². The molecular weight excluding hydrogens is 400 g/mol. The number of sulfonamides is 1. The Kier molecular flexibility index (Phi) is 5.07. The SMILES string of the molecule is COc1ccc(C(=O)N2CC3CC2CC3NS(=O)(=O)c2cccs2)c(OC)c1. The molecule has 4 rings (SSSR count). The lowest BCUT2D eigenvalue weighted by Crippen LogP contribution is -2.47. The molecule has 2 fully saturated rings. The van der Waals surface area contributed by atoms with E-state index in [-0.39, 0.29) is 23.9 Å². The number of benzene rings is 1. The van der Waals surface area contributed by atoms with E-state index in [2.05, 4.69) is 4.72 Å². The predicted molar refractivity (Wildman–Crippen MR) is 106 cm³/mol. The number of thiophene rings is 1. The van der Waals surface area contributed by atoms with Crippen molar-refractivity contribution in [1.29, 1.82) is 0 Å². The molecule has 0 spiro atoms. The summed E-state index contributed by atoms with van der Waals surface area (Å²) in [7, 11) is -0.412. The van der Waals surface area contributed by atoms with E-state index in [0.29, 0.717) is 34.2 Å². The zero-order valence-corrected chi connectivity index (χ0v) is 17.3. The third-order valence-electron chi connectivity index (χ3n) is 5.51. The molecule has 2 bridgehead atoms. The van der Waals surface area contributed by atoms with Crippen LogP contribution >= 0.6 is 11.3 Å². The second-order valence-electron chi connectivity index (χ2n) is 7.07. The minimum atomic E-state index is -3.50. The van der Waals surface area contributed by atoms with Crippen molar-refractivity contribution in [3.05, 3.63) is 41.3 Å². The quantitative estimate of drug-likeness (QED) is 0.772. The van der Waals surface area contributed by atoms with Crippen LogP contribution < -0.4 is 14.2 Å². The molecule has 1 aliphatic carbocycles. The van der Waals surface area contributed by atoms with Crippen molar-refractivity contribution in [2.75, 3.05) is 20.8 Å². The summed E-state index contributed by atoms with van der Waals surface area (Å²) in [5, 5.41) is 1.75. The van der Waals surface area contributed by atoms with Gasteiger partial charge < -0.3 is 14.4 Å². The monoisotopic (exact) mass is 422 g/mol. The van der Waals surface area contributed by atoms with Crippen LogP contribution in [-0.2, 0) is 10.0 Å². The Morgan fingerprint density at radius 3 is 2.64 bits per heavy atom. The number of piperidine rings is 1. The summed E-state index contributed by atoms with van der Waals surface area (Å²) in [6.45, 7) is 0.538. The lowest BCUT2D eigenvalue weighted by Gasteiger charge is -2.32. The number of amides is 1. The molecule has 3 atom stereocenters. The zero-order chi connectivity index (χ0) is 19.9. The van der Waals surface area contributed by atoms with E-state index < -0.39 is 10.0 Å². The normalized spacial score (nSPS) is 23.8. The number of carbonyl (C=O) groups excluding carboxylic acids is 1. The number of carbonyl (C=O) groups is 1. The van der Waals surface area contributed by atoms with Gasteiger partial charge >= 0.3 is 0 Å². The summed E-state index contributed by atoms with van der Waals surface area (Å²) in [6, 6.07) is 8.36. The van der Waals surface area contributed by atoms with Crippen LogP contribution in [0.3, 0.4) is 0 Å². The number of nitrogens with zero attached hydrogens (tertiary/aromatic N) is 1. The van der Waals surface area contributed by atoms with Crippen LogP contribution in [0.4, 0.5) is 0 Å². The maximum Gasteiger partial charge on any atom is 0.257 e. The number of rotatable bonds is 6. The fourth-order valence-corrected chi connectivity index (χ4v) is 6.48. The molecule has 2 aromatic rings. The van der Waals surface area contributed by atoms with Crippen LogP contribution in [0.15, 0.2) is 39.9 Å². The van der Waals surface area contributed by atoms with Gasteiger partial charge in [0.1, 0.15) is 15.7 Å². The molecule has 1 saturated carbocycles. The van der Waals surface area contributed by atoms with E-state index in [9.17, 15) is 13.2 Å². The van der Waals surface area contributed by atoms with E-state index in [1.165, 1.54) is 18.4 Å². The maximum absolute atomic E-state index is 13.1. The molecule has 1 amide bonds. The van der Waals surface area contributed by atoms with Crippen molar-refractivity contribution in [2.45, 2.75) is 29.1 Å². The van der Waals surface area contributed by atoms with Crippen molar-refractivity contribution >= 4 is 27.3 Å². The number of hydrogen-bond donors (Lipinski definition) is 1. The Hall–Kier alpha value is -2.10. The molecule has 2 aliphatic rings. The van der Waals surface area contributed by atoms with Crippen molar-refractivity contribution in [3.63, 3.8) is 0 Å². The summed E-state index contributed by atoms with van der Waals surface area (Å²) < 4.78 is 38.7. The molecule has 7 nitrogen and oxygen atoms in total. The van der Waals surface area contributed by atoms with E-state index in [1.54, 1.807) is 42.8 Å². The van der Waals surface area contributed by atoms with Crippen molar-refractivity contribution in [3.8, 4) is 11.5 Å². The number of nitrogens with one attached hydrogen (secondary N) is 1. The number of methoxy groups -OCH3 is 2. The predicted octanol–water partition coefficient (Wildman–Crippen LogP) is 2.35. The van der Waals surface area contributed by atoms with Crippen molar-refractivity contribution in [1.82, 2.24) is 9.62 Å². The maximum atomic E-state index is 13.1. The standard InChI is InChI=1S/C19H22N2O5S2/c1-25-14-5-6-15(17(10-14)26-2)19(22)21-11-12-8-13(21)9-16(12)20-28(23,24)18-4-3-7-27-18/h3-7,10,12-13,16,20H,8-9,11H2,1-2H3. The summed E-state index contributed by atoms with van der Waals surface area (Å²) in [4.78, 5) is 14.9. The first-order valence-corrected chi connectivity index (χ1v) is 11.4. The van der Waals surface area contributed by atoms with Gasteiger partial charge in [-0.3, -0.25) is 4.79 Å². The zero-order valence-electron chi connectivity index (χ0n) is 15.6. The number of fused-ring (bicyclic) bond motifs is 2. The molecule has 1 aromatic carbocycles. The summed E-state index contributed by atoms with van der Waals surface area (Å²) in [5.41, 5.74) is 0.492. The van der Waals surface area contributed by atoms with Crippen molar-refractivity contribution < 1.29 is 22.7 Å². The van der Waals surface area contributed by atoms with Gasteiger partial charge in [0.25, 0.3) is 5.91 Å². The number of likely N-dealkylation sites (tertiary alicyclic amines) is 1. The minimum absolute atomic E-state index is 0.0281. The summed E-state index contributed by atoms with van der Waals surface area (Å²) >= 11 is 1.20. The second kappa shape index (κ2) is 7.38. The third-order valence-corrected chi connectivity index (χ3v) is 8.40. The molecule has 28 heavy (non-hydrogen) atoms. The second-order valence-corrected chi connectivity index (χ2v) is 9.96. The number of ether oxygens (including phenoxy) is 2. The lowest BCUT2D eigenvalue weighted by atomic mass is 10.0. The molecule has 150 valence electrons. The Balaban J connectivity index is 1.46. The van der Waals surface area contributed by atoms with Gasteiger partial charge in [0.15, 0.2) is 0 Å². The number of hydrogen-bond acceptors (Lipinski definition) is 6. The van der Waals surface area contributed by atoms with Gasteiger partial charge in [-0.25, -0.2) is 13.1 Å². The molecule has 1 aromatic heterocycles. The molecule has 0 radical (unpaired) electrons. The molecule has 1 N–H and O–H groups in total. The van der Waals surface area contributed by atoms with Crippen LogP contribution in [0.5, 0.6) is 11.5 Å². The van der Waals surface area contributed by atoms with E-state index in [4.69, 9.17) is 9.47 Å². The van der Waals surface area contributed by atoms with Crippen LogP contribution in [0.1, 0.15) is 23.2 Å². The Morgan fingerprint density at radius 1 is 1.21 bits per heavy atom. The van der Waals surface area contributed by atoms with Gasteiger partial charge in [0.2, 0.25) is 10.0 Å². The van der Waals surface area contributed by atoms with Gasteiger partial charge in [0, 0.05) is 24.7 Å². The highest BCUT2D eigenvalue weighted by atomic mass is 32.2. The van der Waals surface area contributed by atoms with Crippen LogP contribution in [-0.4, -0.2) is 52.1 Å². The molecule has 3 unspecified atom stereocenters. The first-order chi connectivity index (χ1) is 13.4. The summed E-state index contributed by atoms with van der Waals surface area (Å²) in [5.74, 6) is 1.13. The largest absolute Gasteiger partial charge is 0.497 e. The highest BCUT2D eigenvalue weighted by Crippen LogP contribution is 2.40. The van der Waals surface area contributed by atoms with E-state index >= 15 is 0 Å². The van der Waals surface area contributed by atoms with E-state index in [0.717, 1.165) is 6.42 Å². The molecule has 2 heterocycles. The highest BCUT2D eigenvalue weighted by Gasteiger charge is 2.48. The topological polar surface area (TPSA) is 84.9 Å². The Morgan fingerprint density at radius 2 is 2.04 bits per heavy atom. The van der Waals surface area contributed by atoms with Crippen LogP contribution in [0.25, 0.3) is 0 Å². The molecular formula is C19H22N2O5S2. The fourth-order valence-electron chi connectivity index (χ4n) is 4.15. The van der Waals surface area contributed by atoms with Crippen LogP contribution in [0, 0.1) is 5.92 Å². The van der Waals surface area contributed by atoms with E-state index in [1.807, 2.05) is 4.90 Å².